The summed E-state index contributed by atoms with van der Waals surface area (Å²) >= 11 is 0. The van der Waals surface area contributed by atoms with Gasteiger partial charge in [-0.25, -0.2) is 0 Å². The lowest BCUT2D eigenvalue weighted by atomic mass is 10.0. The Hall–Kier alpha value is -1.88. The molecule has 0 aliphatic rings. The van der Waals surface area contributed by atoms with Gasteiger partial charge in [0.25, 0.3) is 0 Å². The van der Waals surface area contributed by atoms with Gasteiger partial charge in [-0.2, -0.15) is 0 Å². The SMILES string of the molecule is Cc1cc(C)cc(C(O)C[NH2+]CCC(=O)c2ccc(O)cc2)c1.[Cl-]. The molecule has 0 spiro atoms. The minimum absolute atomic E-state index is 0. The summed E-state index contributed by atoms with van der Waals surface area (Å²) in [5.74, 6) is 0.201. The van der Waals surface area contributed by atoms with E-state index in [1.54, 1.807) is 12.1 Å². The highest BCUT2D eigenvalue weighted by molar-refractivity contribution is 5.96. The van der Waals surface area contributed by atoms with Gasteiger partial charge in [-0.1, -0.05) is 29.3 Å². The zero-order valence-corrected chi connectivity index (χ0v) is 14.8. The molecule has 4 N–H and O–H groups in total. The summed E-state index contributed by atoms with van der Waals surface area (Å²) in [6, 6.07) is 12.3. The Morgan fingerprint density at radius 3 is 2.25 bits per heavy atom. The second-order valence-electron chi connectivity index (χ2n) is 5.97. The second kappa shape index (κ2) is 9.42. The monoisotopic (exact) mass is 349 g/mol. The average molecular weight is 350 g/mol. The zero-order chi connectivity index (χ0) is 16.8. The fourth-order valence-corrected chi connectivity index (χ4v) is 2.64. The van der Waals surface area contributed by atoms with Crippen LogP contribution in [0.5, 0.6) is 5.75 Å². The van der Waals surface area contributed by atoms with Crippen LogP contribution in [-0.2, 0) is 0 Å². The number of carbonyl (C=O) groups excluding carboxylic acids is 1. The quantitative estimate of drug-likeness (QED) is 0.438. The van der Waals surface area contributed by atoms with Crippen LogP contribution in [-0.4, -0.2) is 29.1 Å². The van der Waals surface area contributed by atoms with Crippen molar-refractivity contribution in [3.8, 4) is 5.75 Å². The number of aliphatic hydroxyl groups excluding tert-OH is 1. The predicted molar refractivity (Wildman–Crippen MR) is 89.6 cm³/mol. The minimum Gasteiger partial charge on any atom is -1.00 e. The molecule has 0 amide bonds. The van der Waals surface area contributed by atoms with E-state index in [2.05, 4.69) is 6.07 Å². The Morgan fingerprint density at radius 2 is 1.67 bits per heavy atom. The molecule has 0 saturated carbocycles. The molecule has 0 fully saturated rings. The van der Waals surface area contributed by atoms with Crippen molar-refractivity contribution in [2.24, 2.45) is 0 Å². The molecule has 1 atom stereocenters. The van der Waals surface area contributed by atoms with E-state index in [9.17, 15) is 15.0 Å². The highest BCUT2D eigenvalue weighted by Gasteiger charge is 2.12. The van der Waals surface area contributed by atoms with Crippen LogP contribution in [0.25, 0.3) is 0 Å². The van der Waals surface area contributed by atoms with Gasteiger partial charge in [-0.3, -0.25) is 4.79 Å². The first kappa shape index (κ1) is 20.2. The van der Waals surface area contributed by atoms with Crippen LogP contribution in [0.2, 0.25) is 0 Å². The van der Waals surface area contributed by atoms with Gasteiger partial charge in [-0.15, -0.1) is 0 Å². The number of rotatable bonds is 7. The minimum atomic E-state index is -0.530. The normalized spacial score (nSPS) is 11.6. The molecule has 130 valence electrons. The zero-order valence-electron chi connectivity index (χ0n) is 14.0. The number of quaternary nitrogens is 1. The lowest BCUT2D eigenvalue weighted by molar-refractivity contribution is -0.660. The maximum absolute atomic E-state index is 12.0. The summed E-state index contributed by atoms with van der Waals surface area (Å²) in [5.41, 5.74) is 3.80. The molecule has 1 unspecified atom stereocenters. The van der Waals surface area contributed by atoms with Gasteiger partial charge < -0.3 is 27.9 Å². The van der Waals surface area contributed by atoms with Crippen molar-refractivity contribution in [2.75, 3.05) is 13.1 Å². The number of aromatic hydroxyl groups is 1. The van der Waals surface area contributed by atoms with E-state index < -0.39 is 6.10 Å². The maximum Gasteiger partial charge on any atom is 0.168 e. The number of phenols is 1. The van der Waals surface area contributed by atoms with E-state index in [4.69, 9.17) is 0 Å². The topological polar surface area (TPSA) is 74.1 Å². The van der Waals surface area contributed by atoms with Gasteiger partial charge in [0, 0.05) is 5.56 Å². The van der Waals surface area contributed by atoms with Crippen LogP contribution < -0.4 is 17.7 Å². The van der Waals surface area contributed by atoms with Gasteiger partial charge in [0.05, 0.1) is 13.0 Å². The summed E-state index contributed by atoms with van der Waals surface area (Å²) in [5, 5.41) is 21.4. The number of carbonyl (C=O) groups is 1. The van der Waals surface area contributed by atoms with Crippen molar-refractivity contribution in [1.82, 2.24) is 0 Å². The third-order valence-corrected chi connectivity index (χ3v) is 3.78. The number of aryl methyl sites for hydroxylation is 2. The van der Waals surface area contributed by atoms with E-state index in [1.165, 1.54) is 12.1 Å². The van der Waals surface area contributed by atoms with E-state index in [-0.39, 0.29) is 23.9 Å². The molecular weight excluding hydrogens is 326 g/mol. The van der Waals surface area contributed by atoms with E-state index in [0.717, 1.165) is 16.7 Å². The van der Waals surface area contributed by atoms with E-state index in [0.29, 0.717) is 25.1 Å². The second-order valence-corrected chi connectivity index (χ2v) is 5.97. The summed E-state index contributed by atoms with van der Waals surface area (Å²) < 4.78 is 0. The Balaban J connectivity index is 0.00000288. The predicted octanol–water partition coefficient (Wildman–Crippen LogP) is -1.12. The third-order valence-electron chi connectivity index (χ3n) is 3.78. The third kappa shape index (κ3) is 5.96. The molecule has 0 aromatic heterocycles. The Kier molecular flexibility index (Phi) is 7.92. The molecule has 2 aromatic carbocycles. The van der Waals surface area contributed by atoms with Crippen molar-refractivity contribution >= 4 is 5.78 Å². The summed E-state index contributed by atoms with van der Waals surface area (Å²) in [6.07, 6.45) is -0.123. The Morgan fingerprint density at radius 1 is 1.08 bits per heavy atom. The fraction of sp³-hybridized carbons (Fsp3) is 0.316. The number of benzene rings is 2. The smallest absolute Gasteiger partial charge is 0.168 e. The van der Waals surface area contributed by atoms with Crippen LogP contribution in [0.1, 0.15) is 39.6 Å². The lowest BCUT2D eigenvalue weighted by Gasteiger charge is -2.11. The molecule has 5 heteroatoms. The van der Waals surface area contributed by atoms with Crippen LogP contribution in [0, 0.1) is 13.8 Å². The van der Waals surface area contributed by atoms with E-state index in [1.807, 2.05) is 31.3 Å². The highest BCUT2D eigenvalue weighted by Crippen LogP contribution is 2.15. The summed E-state index contributed by atoms with van der Waals surface area (Å²) in [6.45, 7) is 5.19. The van der Waals surface area contributed by atoms with Crippen molar-refractivity contribution < 1.29 is 32.7 Å². The molecule has 0 aliphatic heterocycles. The molecule has 0 radical (unpaired) electrons. The van der Waals surface area contributed by atoms with Crippen LogP contribution >= 0.6 is 0 Å². The fourth-order valence-electron chi connectivity index (χ4n) is 2.64. The number of nitrogens with two attached hydrogens (primary N) is 1. The van der Waals surface area contributed by atoms with Crippen molar-refractivity contribution in [2.45, 2.75) is 26.4 Å². The number of aliphatic hydroxyl groups is 1. The van der Waals surface area contributed by atoms with Crippen LogP contribution in [0.3, 0.4) is 0 Å². The standard InChI is InChI=1S/C19H23NO3.ClH/c1-13-9-14(2)11-16(10-13)19(23)12-20-8-7-18(22)15-3-5-17(21)6-4-15;/h3-6,9-11,19-21,23H,7-8,12H2,1-2H3;1H. The van der Waals surface area contributed by atoms with Crippen molar-refractivity contribution in [3.05, 3.63) is 64.7 Å². The number of phenolic OH excluding ortho intramolecular Hbond substituents is 1. The van der Waals surface area contributed by atoms with Crippen LogP contribution in [0.15, 0.2) is 42.5 Å². The maximum atomic E-state index is 12.0. The van der Waals surface area contributed by atoms with Gasteiger partial charge in [-0.05, 0) is 43.7 Å². The molecule has 2 rings (SSSR count). The molecule has 0 heterocycles. The molecule has 2 aromatic rings. The average Bonchev–Trinajstić information content (AvgIpc) is 2.50. The first-order valence-electron chi connectivity index (χ1n) is 7.86. The number of ketones is 1. The lowest BCUT2D eigenvalue weighted by Crippen LogP contribution is -3.00. The van der Waals surface area contributed by atoms with Gasteiger partial charge in [0.1, 0.15) is 18.4 Å². The number of Topliss-reactive ketones (excluding diaryl/α,β-unsaturated/α-hetero) is 1. The number of halogens is 1. The highest BCUT2D eigenvalue weighted by atomic mass is 35.5. The number of hydrogen-bond donors (Lipinski definition) is 3. The molecule has 0 saturated heterocycles. The first-order chi connectivity index (χ1) is 11.0. The number of hydrogen-bond acceptors (Lipinski definition) is 3. The van der Waals surface area contributed by atoms with Gasteiger partial charge in [0.15, 0.2) is 5.78 Å². The molecule has 0 bridgehead atoms. The molecular formula is C19H24ClNO3. The Bertz CT molecular complexity index is 651. The molecule has 24 heavy (non-hydrogen) atoms. The summed E-state index contributed by atoms with van der Waals surface area (Å²) in [7, 11) is 0. The largest absolute Gasteiger partial charge is 1.00 e. The van der Waals surface area contributed by atoms with Gasteiger partial charge >= 0.3 is 0 Å². The van der Waals surface area contributed by atoms with Crippen molar-refractivity contribution in [1.29, 1.82) is 0 Å². The van der Waals surface area contributed by atoms with Crippen LogP contribution in [0.4, 0.5) is 0 Å². The first-order valence-corrected chi connectivity index (χ1v) is 7.86. The van der Waals surface area contributed by atoms with Crippen molar-refractivity contribution in [3.63, 3.8) is 0 Å². The Labute approximate surface area is 148 Å². The summed E-state index contributed by atoms with van der Waals surface area (Å²) in [4.78, 5) is 12.0. The molecule has 0 aliphatic carbocycles. The van der Waals surface area contributed by atoms with Gasteiger partial charge in [0.2, 0.25) is 0 Å². The molecule has 4 nitrogen and oxygen atoms in total. The van der Waals surface area contributed by atoms with E-state index >= 15 is 0 Å².